The first kappa shape index (κ1) is 23.4. The summed E-state index contributed by atoms with van der Waals surface area (Å²) in [5, 5.41) is 11.4. The van der Waals surface area contributed by atoms with Gasteiger partial charge in [0.1, 0.15) is 5.82 Å². The van der Waals surface area contributed by atoms with Crippen LogP contribution < -0.4 is 15.5 Å². The number of aliphatic imine (C=N–C) groups is 1. The Morgan fingerprint density at radius 3 is 2.62 bits per heavy atom. The summed E-state index contributed by atoms with van der Waals surface area (Å²) in [5.74, 6) is 1.92. The third-order valence-corrected chi connectivity index (χ3v) is 5.23. The maximum absolute atomic E-state index is 4.46. The van der Waals surface area contributed by atoms with Crippen LogP contribution in [0.2, 0.25) is 0 Å². The number of aryl methyl sites for hydroxylation is 1. The zero-order valence-corrected chi connectivity index (χ0v) is 20.1. The lowest BCUT2D eigenvalue weighted by Crippen LogP contribution is -2.50. The standard InChI is InChI=1S/C20H32N8.HI/c1-21-20(23-14-18(26(2)3)16-13-24-27(4)15-16)25-17-8-11-28(12-9-17)19-7-5-6-10-22-19;/h5-7,10,13,15,17-18H,8-9,11-12,14H2,1-4H3,(H2,21,23,25);1H. The maximum Gasteiger partial charge on any atom is 0.191 e. The second kappa shape index (κ2) is 11.3. The molecule has 0 amide bonds. The summed E-state index contributed by atoms with van der Waals surface area (Å²) in [6.45, 7) is 2.77. The van der Waals surface area contributed by atoms with Gasteiger partial charge in [0.15, 0.2) is 5.96 Å². The summed E-state index contributed by atoms with van der Waals surface area (Å²) < 4.78 is 1.84. The van der Waals surface area contributed by atoms with Crippen molar-refractivity contribution in [3.8, 4) is 0 Å². The molecule has 0 radical (unpaired) electrons. The van der Waals surface area contributed by atoms with E-state index in [0.29, 0.717) is 6.04 Å². The van der Waals surface area contributed by atoms with Gasteiger partial charge in [0.2, 0.25) is 0 Å². The topological polar surface area (TPSA) is 73.6 Å². The summed E-state index contributed by atoms with van der Waals surface area (Å²) in [5.41, 5.74) is 1.19. The first-order valence-corrected chi connectivity index (χ1v) is 9.85. The van der Waals surface area contributed by atoms with Gasteiger partial charge in [-0.2, -0.15) is 5.10 Å². The molecular weight excluding hydrogens is 479 g/mol. The van der Waals surface area contributed by atoms with Gasteiger partial charge >= 0.3 is 0 Å². The monoisotopic (exact) mass is 512 g/mol. The van der Waals surface area contributed by atoms with Crippen molar-refractivity contribution in [2.24, 2.45) is 12.0 Å². The van der Waals surface area contributed by atoms with E-state index >= 15 is 0 Å². The highest BCUT2D eigenvalue weighted by molar-refractivity contribution is 14.0. The molecule has 0 spiro atoms. The number of guanidine groups is 1. The van der Waals surface area contributed by atoms with E-state index in [2.05, 4.69) is 61.9 Å². The highest BCUT2D eigenvalue weighted by Crippen LogP contribution is 2.18. The molecule has 1 aliphatic heterocycles. The molecule has 2 N–H and O–H groups in total. The molecule has 1 saturated heterocycles. The molecule has 29 heavy (non-hydrogen) atoms. The molecular formula is C20H33IN8. The van der Waals surface area contributed by atoms with Crippen molar-refractivity contribution in [3.05, 3.63) is 42.4 Å². The van der Waals surface area contributed by atoms with E-state index in [0.717, 1.165) is 44.3 Å². The molecule has 0 aliphatic carbocycles. The second-order valence-electron chi connectivity index (χ2n) is 7.47. The van der Waals surface area contributed by atoms with Gasteiger partial charge in [-0.1, -0.05) is 6.07 Å². The van der Waals surface area contributed by atoms with Gasteiger partial charge in [0, 0.05) is 57.7 Å². The smallest absolute Gasteiger partial charge is 0.191 e. The average molecular weight is 512 g/mol. The zero-order valence-electron chi connectivity index (χ0n) is 17.7. The Kier molecular flexibility index (Phi) is 9.15. The van der Waals surface area contributed by atoms with Crippen molar-refractivity contribution in [1.82, 2.24) is 30.3 Å². The molecule has 3 rings (SSSR count). The number of halogens is 1. The van der Waals surface area contributed by atoms with Gasteiger partial charge in [-0.25, -0.2) is 4.98 Å². The lowest BCUT2D eigenvalue weighted by molar-refractivity contribution is 0.297. The van der Waals surface area contributed by atoms with Crippen molar-refractivity contribution in [3.63, 3.8) is 0 Å². The molecule has 9 heteroatoms. The first-order chi connectivity index (χ1) is 13.6. The number of hydrogen-bond acceptors (Lipinski definition) is 5. The van der Waals surface area contributed by atoms with Crippen LogP contribution in [-0.4, -0.2) is 72.4 Å². The van der Waals surface area contributed by atoms with E-state index in [4.69, 9.17) is 0 Å². The third-order valence-electron chi connectivity index (χ3n) is 5.23. The fraction of sp³-hybridized carbons (Fsp3) is 0.550. The summed E-state index contributed by atoms with van der Waals surface area (Å²) in [7, 11) is 7.94. The third kappa shape index (κ3) is 6.56. The van der Waals surface area contributed by atoms with E-state index in [1.807, 2.05) is 43.3 Å². The van der Waals surface area contributed by atoms with Gasteiger partial charge in [0.05, 0.1) is 12.2 Å². The quantitative estimate of drug-likeness (QED) is 0.350. The van der Waals surface area contributed by atoms with E-state index in [9.17, 15) is 0 Å². The number of pyridine rings is 1. The van der Waals surface area contributed by atoms with Gasteiger partial charge in [-0.15, -0.1) is 24.0 Å². The normalized spacial score (nSPS) is 16.4. The number of nitrogens with one attached hydrogen (secondary N) is 2. The van der Waals surface area contributed by atoms with Crippen LogP contribution in [-0.2, 0) is 7.05 Å². The fourth-order valence-electron chi connectivity index (χ4n) is 3.59. The Balaban J connectivity index is 0.00000300. The lowest BCUT2D eigenvalue weighted by Gasteiger charge is -2.34. The Morgan fingerprint density at radius 1 is 1.31 bits per heavy atom. The molecule has 0 saturated carbocycles. The molecule has 1 aliphatic rings. The summed E-state index contributed by atoms with van der Waals surface area (Å²) in [6, 6.07) is 6.73. The Bertz CT molecular complexity index is 753. The largest absolute Gasteiger partial charge is 0.356 e. The van der Waals surface area contributed by atoms with Crippen molar-refractivity contribution >= 4 is 35.8 Å². The average Bonchev–Trinajstić information content (AvgIpc) is 3.14. The number of likely N-dealkylation sites (N-methyl/N-ethyl adjacent to an activating group) is 1. The van der Waals surface area contributed by atoms with E-state index in [-0.39, 0.29) is 30.0 Å². The van der Waals surface area contributed by atoms with Crippen LogP contribution in [0.4, 0.5) is 5.82 Å². The van der Waals surface area contributed by atoms with Crippen LogP contribution in [0.15, 0.2) is 41.8 Å². The first-order valence-electron chi connectivity index (χ1n) is 9.85. The Morgan fingerprint density at radius 2 is 2.07 bits per heavy atom. The molecule has 0 bridgehead atoms. The van der Waals surface area contributed by atoms with Crippen LogP contribution >= 0.6 is 24.0 Å². The predicted molar refractivity (Wildman–Crippen MR) is 129 cm³/mol. The molecule has 160 valence electrons. The zero-order chi connectivity index (χ0) is 19.9. The number of anilines is 1. The van der Waals surface area contributed by atoms with Gasteiger partial charge in [-0.3, -0.25) is 9.67 Å². The SMILES string of the molecule is CN=C(NCC(c1cnn(C)c1)N(C)C)NC1CCN(c2ccccn2)CC1.I. The van der Waals surface area contributed by atoms with Crippen molar-refractivity contribution in [2.75, 3.05) is 45.7 Å². The van der Waals surface area contributed by atoms with Crippen molar-refractivity contribution in [1.29, 1.82) is 0 Å². The molecule has 2 aromatic rings. The van der Waals surface area contributed by atoms with E-state index in [1.165, 1.54) is 5.56 Å². The molecule has 3 heterocycles. The summed E-state index contributed by atoms with van der Waals surface area (Å²) in [6.07, 6.45) is 7.98. The van der Waals surface area contributed by atoms with Crippen LogP contribution in [0.3, 0.4) is 0 Å². The molecule has 8 nitrogen and oxygen atoms in total. The number of aromatic nitrogens is 3. The number of piperidine rings is 1. The summed E-state index contributed by atoms with van der Waals surface area (Å²) in [4.78, 5) is 13.4. The van der Waals surface area contributed by atoms with Gasteiger partial charge < -0.3 is 20.4 Å². The van der Waals surface area contributed by atoms with Crippen molar-refractivity contribution < 1.29 is 0 Å². The summed E-state index contributed by atoms with van der Waals surface area (Å²) >= 11 is 0. The van der Waals surface area contributed by atoms with Crippen molar-refractivity contribution in [2.45, 2.75) is 24.9 Å². The van der Waals surface area contributed by atoms with Gasteiger partial charge in [-0.05, 0) is 39.1 Å². The number of nitrogens with zero attached hydrogens (tertiary/aromatic N) is 6. The van der Waals surface area contributed by atoms with Crippen LogP contribution in [0.25, 0.3) is 0 Å². The molecule has 1 unspecified atom stereocenters. The van der Waals surface area contributed by atoms with Crippen LogP contribution in [0.5, 0.6) is 0 Å². The van der Waals surface area contributed by atoms with Gasteiger partial charge in [0.25, 0.3) is 0 Å². The van der Waals surface area contributed by atoms with E-state index in [1.54, 1.807) is 0 Å². The minimum atomic E-state index is 0. The Hall–Kier alpha value is -1.88. The fourth-order valence-corrected chi connectivity index (χ4v) is 3.59. The Labute approximate surface area is 190 Å². The highest BCUT2D eigenvalue weighted by atomic mass is 127. The lowest BCUT2D eigenvalue weighted by atomic mass is 10.1. The number of hydrogen-bond donors (Lipinski definition) is 2. The maximum atomic E-state index is 4.46. The van der Waals surface area contributed by atoms with Crippen LogP contribution in [0.1, 0.15) is 24.4 Å². The molecule has 0 aromatic carbocycles. The predicted octanol–water partition coefficient (Wildman–Crippen LogP) is 1.87. The number of rotatable bonds is 6. The molecule has 1 fully saturated rings. The molecule has 2 aromatic heterocycles. The minimum absolute atomic E-state index is 0. The van der Waals surface area contributed by atoms with E-state index < -0.39 is 0 Å². The molecule has 1 atom stereocenters. The second-order valence-corrected chi connectivity index (χ2v) is 7.47. The highest BCUT2D eigenvalue weighted by Gasteiger charge is 2.22. The van der Waals surface area contributed by atoms with Crippen LogP contribution in [0, 0.1) is 0 Å². The minimum Gasteiger partial charge on any atom is -0.356 e.